The van der Waals surface area contributed by atoms with E-state index in [4.69, 9.17) is 9.15 Å². The zero-order chi connectivity index (χ0) is 17.3. The van der Waals surface area contributed by atoms with Gasteiger partial charge in [0.2, 0.25) is 10.0 Å². The summed E-state index contributed by atoms with van der Waals surface area (Å²) in [5, 5.41) is 0. The van der Waals surface area contributed by atoms with Crippen molar-refractivity contribution in [3.8, 4) is 5.75 Å². The Kier molecular flexibility index (Phi) is 4.16. The minimum atomic E-state index is -3.74. The Labute approximate surface area is 138 Å². The van der Waals surface area contributed by atoms with Crippen molar-refractivity contribution in [1.82, 2.24) is 9.71 Å². The van der Waals surface area contributed by atoms with Crippen LogP contribution in [-0.2, 0) is 16.6 Å². The Balaban J connectivity index is 1.86. The topological polar surface area (TPSA) is 101 Å². The van der Waals surface area contributed by atoms with Crippen molar-refractivity contribution in [2.24, 2.45) is 0 Å². The van der Waals surface area contributed by atoms with Crippen LogP contribution in [0.15, 0.2) is 50.5 Å². The lowest BCUT2D eigenvalue weighted by Crippen LogP contribution is -2.23. The van der Waals surface area contributed by atoms with Crippen LogP contribution in [0.4, 0.5) is 0 Å². The number of aromatic amines is 1. The average molecular weight is 348 g/mol. The molecule has 3 aromatic rings. The molecule has 0 bridgehead atoms. The molecule has 7 nitrogen and oxygen atoms in total. The van der Waals surface area contributed by atoms with Crippen LogP contribution < -0.4 is 15.2 Å². The van der Waals surface area contributed by atoms with Gasteiger partial charge in [-0.05, 0) is 42.3 Å². The predicted octanol–water partition coefficient (Wildman–Crippen LogP) is 1.92. The highest BCUT2D eigenvalue weighted by atomic mass is 32.2. The molecule has 0 aliphatic rings. The number of aryl methyl sites for hydroxylation is 1. The first kappa shape index (κ1) is 16.3. The molecule has 0 aliphatic carbocycles. The molecule has 1 aromatic heterocycles. The lowest BCUT2D eigenvalue weighted by molar-refractivity contribution is 0.402. The highest BCUT2D eigenvalue weighted by molar-refractivity contribution is 7.89. The largest absolute Gasteiger partial charge is 0.495 e. The molecule has 0 saturated heterocycles. The fourth-order valence-electron chi connectivity index (χ4n) is 2.36. The second-order valence-electron chi connectivity index (χ2n) is 5.32. The summed E-state index contributed by atoms with van der Waals surface area (Å²) in [6, 6.07) is 9.92. The Bertz CT molecular complexity index is 1050. The fraction of sp³-hybridized carbons (Fsp3) is 0.188. The molecule has 1 heterocycles. The van der Waals surface area contributed by atoms with Crippen LogP contribution in [0.1, 0.15) is 11.1 Å². The van der Waals surface area contributed by atoms with Crippen LogP contribution in [0.2, 0.25) is 0 Å². The molecule has 3 rings (SSSR count). The Morgan fingerprint density at radius 1 is 1.21 bits per heavy atom. The van der Waals surface area contributed by atoms with Gasteiger partial charge in [-0.15, -0.1) is 0 Å². The molecule has 0 radical (unpaired) electrons. The van der Waals surface area contributed by atoms with E-state index in [1.807, 2.05) is 6.92 Å². The van der Waals surface area contributed by atoms with Crippen molar-refractivity contribution in [3.63, 3.8) is 0 Å². The third-order valence-corrected chi connectivity index (χ3v) is 4.98. The smallest absolute Gasteiger partial charge is 0.417 e. The summed E-state index contributed by atoms with van der Waals surface area (Å²) in [5.41, 5.74) is 2.44. The highest BCUT2D eigenvalue weighted by Crippen LogP contribution is 2.24. The van der Waals surface area contributed by atoms with Crippen LogP contribution in [-0.4, -0.2) is 20.5 Å². The van der Waals surface area contributed by atoms with Gasteiger partial charge in [-0.2, -0.15) is 0 Å². The summed E-state index contributed by atoms with van der Waals surface area (Å²) in [6.45, 7) is 1.88. The standard InChI is InChI=1S/C16H16N2O5S/c1-10-3-5-14(22-2)15(7-10)24(20,21)17-9-11-4-6-13-12(8-11)18-16(19)23-13/h3-8,17H,9H2,1-2H3,(H,18,19). The fourth-order valence-corrected chi connectivity index (χ4v) is 3.63. The van der Waals surface area contributed by atoms with Gasteiger partial charge < -0.3 is 9.15 Å². The summed E-state index contributed by atoms with van der Waals surface area (Å²) in [5.74, 6) is -0.269. The van der Waals surface area contributed by atoms with E-state index in [0.29, 0.717) is 16.7 Å². The van der Waals surface area contributed by atoms with Gasteiger partial charge in [0.15, 0.2) is 5.58 Å². The lowest BCUT2D eigenvalue weighted by Gasteiger charge is -2.11. The van der Waals surface area contributed by atoms with Crippen LogP contribution in [0, 0.1) is 6.92 Å². The van der Waals surface area contributed by atoms with Crippen LogP contribution in [0.25, 0.3) is 11.1 Å². The molecule has 0 amide bonds. The van der Waals surface area contributed by atoms with E-state index in [1.165, 1.54) is 7.11 Å². The van der Waals surface area contributed by atoms with Gasteiger partial charge in [0.25, 0.3) is 0 Å². The average Bonchev–Trinajstić information content (AvgIpc) is 2.92. The monoisotopic (exact) mass is 348 g/mol. The summed E-state index contributed by atoms with van der Waals surface area (Å²) in [4.78, 5) is 13.8. The second kappa shape index (κ2) is 6.14. The van der Waals surface area contributed by atoms with E-state index in [-0.39, 0.29) is 17.2 Å². The van der Waals surface area contributed by atoms with Crippen LogP contribution in [0.5, 0.6) is 5.75 Å². The molecule has 126 valence electrons. The van der Waals surface area contributed by atoms with Gasteiger partial charge >= 0.3 is 5.76 Å². The van der Waals surface area contributed by atoms with Crippen molar-refractivity contribution < 1.29 is 17.6 Å². The Morgan fingerprint density at radius 3 is 2.75 bits per heavy atom. The predicted molar refractivity (Wildman–Crippen MR) is 88.6 cm³/mol. The van der Waals surface area contributed by atoms with Crippen molar-refractivity contribution >= 4 is 21.1 Å². The number of sulfonamides is 1. The molecule has 0 spiro atoms. The number of benzene rings is 2. The molecule has 0 aliphatic heterocycles. The number of hydrogen-bond donors (Lipinski definition) is 2. The minimum absolute atomic E-state index is 0.0720. The van der Waals surface area contributed by atoms with Crippen LogP contribution >= 0.6 is 0 Å². The van der Waals surface area contributed by atoms with E-state index in [0.717, 1.165) is 5.56 Å². The van der Waals surface area contributed by atoms with E-state index in [9.17, 15) is 13.2 Å². The quantitative estimate of drug-likeness (QED) is 0.733. The Hall–Kier alpha value is -2.58. The SMILES string of the molecule is COc1ccc(C)cc1S(=O)(=O)NCc1ccc2oc(=O)[nH]c2c1. The zero-order valence-corrected chi connectivity index (χ0v) is 13.9. The number of nitrogens with one attached hydrogen (secondary N) is 2. The maximum absolute atomic E-state index is 12.5. The molecule has 0 fully saturated rings. The molecular formula is C16H16N2O5S. The molecule has 2 N–H and O–H groups in total. The molecule has 0 atom stereocenters. The first-order chi connectivity index (χ1) is 11.4. The maximum atomic E-state index is 12.5. The summed E-state index contributed by atoms with van der Waals surface area (Å²) in [6.07, 6.45) is 0. The van der Waals surface area contributed by atoms with Crippen LogP contribution in [0.3, 0.4) is 0 Å². The van der Waals surface area contributed by atoms with Gasteiger partial charge in [-0.1, -0.05) is 12.1 Å². The number of rotatable bonds is 5. The zero-order valence-electron chi connectivity index (χ0n) is 13.1. The number of hydrogen-bond acceptors (Lipinski definition) is 5. The van der Waals surface area contributed by atoms with Gasteiger partial charge in [0, 0.05) is 6.54 Å². The van der Waals surface area contributed by atoms with Crippen molar-refractivity contribution in [2.75, 3.05) is 7.11 Å². The van der Waals surface area contributed by atoms with Crippen molar-refractivity contribution in [1.29, 1.82) is 0 Å². The van der Waals surface area contributed by atoms with E-state index < -0.39 is 15.8 Å². The van der Waals surface area contributed by atoms with Gasteiger partial charge in [-0.3, -0.25) is 4.98 Å². The third kappa shape index (κ3) is 3.19. The second-order valence-corrected chi connectivity index (χ2v) is 7.06. The number of methoxy groups -OCH3 is 1. The number of ether oxygens (including phenoxy) is 1. The van der Waals surface area contributed by atoms with Gasteiger partial charge in [0.05, 0.1) is 12.6 Å². The van der Waals surface area contributed by atoms with Crippen molar-refractivity contribution in [2.45, 2.75) is 18.4 Å². The van der Waals surface area contributed by atoms with Gasteiger partial charge in [-0.25, -0.2) is 17.9 Å². The first-order valence-electron chi connectivity index (χ1n) is 7.15. The van der Waals surface area contributed by atoms with E-state index in [2.05, 4.69) is 9.71 Å². The highest BCUT2D eigenvalue weighted by Gasteiger charge is 2.19. The maximum Gasteiger partial charge on any atom is 0.417 e. The normalized spacial score (nSPS) is 11.8. The molecule has 0 unspecified atom stereocenters. The number of fused-ring (bicyclic) bond motifs is 1. The molecule has 2 aromatic carbocycles. The molecule has 24 heavy (non-hydrogen) atoms. The number of oxazole rings is 1. The number of aromatic nitrogens is 1. The molecular weight excluding hydrogens is 332 g/mol. The summed E-state index contributed by atoms with van der Waals surface area (Å²) >= 11 is 0. The lowest BCUT2D eigenvalue weighted by atomic mass is 10.2. The number of H-pyrrole nitrogens is 1. The summed E-state index contributed by atoms with van der Waals surface area (Å²) < 4.78 is 37.7. The van der Waals surface area contributed by atoms with E-state index in [1.54, 1.807) is 36.4 Å². The minimum Gasteiger partial charge on any atom is -0.495 e. The van der Waals surface area contributed by atoms with Gasteiger partial charge in [0.1, 0.15) is 10.6 Å². The third-order valence-electron chi connectivity index (χ3n) is 3.56. The van der Waals surface area contributed by atoms with E-state index >= 15 is 0 Å². The Morgan fingerprint density at radius 2 is 2.00 bits per heavy atom. The first-order valence-corrected chi connectivity index (χ1v) is 8.63. The molecule has 0 saturated carbocycles. The molecule has 8 heteroatoms. The summed E-state index contributed by atoms with van der Waals surface area (Å²) in [7, 11) is -2.32. The van der Waals surface area contributed by atoms with Crippen molar-refractivity contribution in [3.05, 3.63) is 58.1 Å².